The van der Waals surface area contributed by atoms with Crippen LogP contribution in [0.15, 0.2) is 102 Å². The van der Waals surface area contributed by atoms with E-state index in [2.05, 4.69) is 19.9 Å². The van der Waals surface area contributed by atoms with Crippen molar-refractivity contribution in [3.8, 4) is 34.0 Å². The number of halogens is 1. The summed E-state index contributed by atoms with van der Waals surface area (Å²) in [4.78, 5) is 23.2. The Hall–Kier alpha value is -4.87. The Bertz CT molecular complexity index is 2020. The van der Waals surface area contributed by atoms with E-state index in [9.17, 15) is 13.2 Å². The first-order valence-corrected chi connectivity index (χ1v) is 14.3. The summed E-state index contributed by atoms with van der Waals surface area (Å²) < 4.78 is 29.1. The van der Waals surface area contributed by atoms with Crippen molar-refractivity contribution in [2.24, 2.45) is 0 Å². The Balaban J connectivity index is 1.55. The molecule has 0 saturated carbocycles. The zero-order chi connectivity index (χ0) is 27.9. The lowest BCUT2D eigenvalue weighted by Crippen LogP contribution is -2.22. The minimum absolute atomic E-state index is 0.149. The monoisotopic (exact) mass is 569 g/mol. The predicted molar refractivity (Wildman–Crippen MR) is 154 cm³/mol. The van der Waals surface area contributed by atoms with Crippen LogP contribution in [0, 0.1) is 0 Å². The van der Waals surface area contributed by atoms with Gasteiger partial charge in [0, 0.05) is 22.3 Å². The number of nitrogens with zero attached hydrogens (tertiary/aromatic N) is 6. The number of rotatable bonds is 6. The molecule has 0 bridgehead atoms. The summed E-state index contributed by atoms with van der Waals surface area (Å²) in [5, 5.41) is 8.63. The Morgan fingerprint density at radius 1 is 0.875 bits per heavy atom. The molecule has 0 atom stereocenters. The van der Waals surface area contributed by atoms with E-state index in [0.717, 1.165) is 11.8 Å². The summed E-state index contributed by atoms with van der Waals surface area (Å²) in [7, 11) is -3.48. The van der Waals surface area contributed by atoms with Gasteiger partial charge in [-0.1, -0.05) is 41.9 Å². The van der Waals surface area contributed by atoms with E-state index in [0.29, 0.717) is 44.8 Å². The maximum absolute atomic E-state index is 13.9. The number of fused-ring (bicyclic) bond motifs is 1. The average Bonchev–Trinajstić information content (AvgIpc) is 3.38. The molecular formula is C28H20ClN7O3S. The van der Waals surface area contributed by atoms with Crippen LogP contribution in [0.4, 0.5) is 5.69 Å². The number of sulfonamides is 1. The molecule has 0 fully saturated rings. The van der Waals surface area contributed by atoms with Gasteiger partial charge in [-0.25, -0.2) is 18.4 Å². The molecule has 6 rings (SSSR count). The van der Waals surface area contributed by atoms with Crippen molar-refractivity contribution in [2.45, 2.75) is 0 Å². The fourth-order valence-electron chi connectivity index (χ4n) is 4.34. The number of benzene rings is 3. The van der Waals surface area contributed by atoms with Gasteiger partial charge in [-0.2, -0.15) is 10.2 Å². The number of imidazole rings is 1. The molecule has 0 radical (unpaired) electrons. The van der Waals surface area contributed by atoms with E-state index >= 15 is 0 Å². The van der Waals surface area contributed by atoms with Crippen molar-refractivity contribution in [3.05, 3.63) is 113 Å². The molecule has 1 N–H and O–H groups in total. The molecule has 0 aliphatic heterocycles. The summed E-state index contributed by atoms with van der Waals surface area (Å²) in [6.45, 7) is 0. The van der Waals surface area contributed by atoms with Gasteiger partial charge in [0.25, 0.3) is 5.56 Å². The highest BCUT2D eigenvalue weighted by Gasteiger charge is 2.19. The standard InChI is InChI=1S/C28H20ClN7O3S/c1-40(38,39)34-21-4-2-5-23(16-21)35-17-30-25-27(35)32-26(36(28(25)37)22-13-11-20(29)12-14-22)19-9-7-18(8-10-19)24-6-3-15-31-33-24/h2-17,34H,1H3. The Morgan fingerprint density at radius 3 is 2.33 bits per heavy atom. The largest absolute Gasteiger partial charge is 0.286 e. The van der Waals surface area contributed by atoms with Gasteiger partial charge in [0.1, 0.15) is 12.2 Å². The predicted octanol–water partition coefficient (Wildman–Crippen LogP) is 4.72. The normalized spacial score (nSPS) is 11.6. The molecule has 40 heavy (non-hydrogen) atoms. The molecule has 0 aliphatic rings. The fourth-order valence-corrected chi connectivity index (χ4v) is 5.02. The van der Waals surface area contributed by atoms with Crippen LogP contribution in [0.25, 0.3) is 45.2 Å². The Kier molecular flexibility index (Phi) is 6.37. The van der Waals surface area contributed by atoms with Crippen LogP contribution in [0.3, 0.4) is 0 Å². The summed E-state index contributed by atoms with van der Waals surface area (Å²) in [6.07, 6.45) is 4.18. The molecule has 0 unspecified atom stereocenters. The quantitative estimate of drug-likeness (QED) is 0.308. The Morgan fingerprint density at radius 2 is 1.62 bits per heavy atom. The highest BCUT2D eigenvalue weighted by atomic mass is 35.5. The van der Waals surface area contributed by atoms with Crippen molar-refractivity contribution in [3.63, 3.8) is 0 Å². The maximum atomic E-state index is 13.9. The lowest BCUT2D eigenvalue weighted by Gasteiger charge is -2.14. The van der Waals surface area contributed by atoms with Crippen LogP contribution in [0.1, 0.15) is 0 Å². The number of hydrogen-bond donors (Lipinski definition) is 1. The summed E-state index contributed by atoms with van der Waals surface area (Å²) in [6, 6.07) is 24.8. The molecule has 0 aliphatic carbocycles. The van der Waals surface area contributed by atoms with Crippen LogP contribution in [-0.2, 0) is 10.0 Å². The highest BCUT2D eigenvalue weighted by molar-refractivity contribution is 7.92. The first-order valence-electron chi connectivity index (χ1n) is 12.0. The van der Waals surface area contributed by atoms with Crippen LogP contribution < -0.4 is 10.3 Å². The molecular weight excluding hydrogens is 550 g/mol. The smallest absolute Gasteiger partial charge is 0.284 e. The summed E-state index contributed by atoms with van der Waals surface area (Å²) in [5.41, 5.74) is 3.88. The van der Waals surface area contributed by atoms with Gasteiger partial charge in [-0.15, -0.1) is 0 Å². The number of nitrogens with one attached hydrogen (secondary N) is 1. The van der Waals surface area contributed by atoms with Crippen molar-refractivity contribution in [2.75, 3.05) is 11.0 Å². The highest BCUT2D eigenvalue weighted by Crippen LogP contribution is 2.27. The maximum Gasteiger partial charge on any atom is 0.286 e. The fraction of sp³-hybridized carbons (Fsp3) is 0.0357. The third kappa shape index (κ3) is 4.95. The summed E-state index contributed by atoms with van der Waals surface area (Å²) >= 11 is 6.12. The van der Waals surface area contributed by atoms with Crippen LogP contribution in [-0.4, -0.2) is 44.0 Å². The van der Waals surface area contributed by atoms with E-state index in [1.54, 1.807) is 59.3 Å². The zero-order valence-corrected chi connectivity index (χ0v) is 22.5. The second-order valence-corrected chi connectivity index (χ2v) is 11.1. The molecule has 3 aromatic heterocycles. The van der Waals surface area contributed by atoms with E-state index in [4.69, 9.17) is 16.6 Å². The van der Waals surface area contributed by atoms with Gasteiger partial charge in [0.15, 0.2) is 11.2 Å². The SMILES string of the molecule is CS(=O)(=O)Nc1cccc(-n2cnc3c(=O)n(-c4ccc(Cl)cc4)c(-c4ccc(-c5cccnn5)cc4)nc32)c1. The molecule has 12 heteroatoms. The van der Waals surface area contributed by atoms with Crippen LogP contribution >= 0.6 is 11.6 Å². The van der Waals surface area contributed by atoms with E-state index < -0.39 is 10.0 Å². The first-order chi connectivity index (χ1) is 19.3. The third-order valence-electron chi connectivity index (χ3n) is 6.10. The molecule has 3 aromatic carbocycles. The molecule has 6 aromatic rings. The van der Waals surface area contributed by atoms with E-state index in [-0.39, 0.29) is 11.1 Å². The third-order valence-corrected chi connectivity index (χ3v) is 6.95. The van der Waals surface area contributed by atoms with Crippen LogP contribution in [0.2, 0.25) is 5.02 Å². The molecule has 10 nitrogen and oxygen atoms in total. The van der Waals surface area contributed by atoms with Crippen molar-refractivity contribution >= 4 is 38.5 Å². The Labute approximate surface area is 233 Å². The summed E-state index contributed by atoms with van der Waals surface area (Å²) in [5.74, 6) is 0.387. The van der Waals surface area contributed by atoms with E-state index in [1.807, 2.05) is 36.4 Å². The molecule has 3 heterocycles. The second-order valence-electron chi connectivity index (χ2n) is 8.95. The molecule has 0 saturated heterocycles. The molecule has 198 valence electrons. The van der Waals surface area contributed by atoms with Crippen molar-refractivity contribution in [1.82, 2.24) is 29.3 Å². The number of hydrogen-bond acceptors (Lipinski definition) is 7. The van der Waals surface area contributed by atoms with Gasteiger partial charge in [-0.05, 0) is 54.6 Å². The van der Waals surface area contributed by atoms with Gasteiger partial charge in [-0.3, -0.25) is 18.7 Å². The van der Waals surface area contributed by atoms with Gasteiger partial charge >= 0.3 is 0 Å². The average molecular weight is 570 g/mol. The van der Waals surface area contributed by atoms with Crippen molar-refractivity contribution < 1.29 is 8.42 Å². The van der Waals surface area contributed by atoms with Crippen LogP contribution in [0.5, 0.6) is 0 Å². The minimum atomic E-state index is -3.48. The van der Waals surface area contributed by atoms with E-state index in [1.165, 1.54) is 10.9 Å². The van der Waals surface area contributed by atoms with Gasteiger partial charge in [0.05, 0.1) is 29.0 Å². The van der Waals surface area contributed by atoms with Gasteiger partial charge < -0.3 is 0 Å². The first kappa shape index (κ1) is 25.4. The zero-order valence-electron chi connectivity index (χ0n) is 20.9. The topological polar surface area (TPSA) is 125 Å². The lowest BCUT2D eigenvalue weighted by molar-refractivity contribution is 0.607. The van der Waals surface area contributed by atoms with Crippen molar-refractivity contribution in [1.29, 1.82) is 0 Å². The number of anilines is 1. The van der Waals surface area contributed by atoms with Gasteiger partial charge in [0.2, 0.25) is 10.0 Å². The second kappa shape index (κ2) is 10.0. The number of aromatic nitrogens is 6. The molecule has 0 spiro atoms. The molecule has 0 amide bonds. The lowest BCUT2D eigenvalue weighted by atomic mass is 10.1. The minimum Gasteiger partial charge on any atom is -0.284 e.